The number of benzene rings is 1. The topological polar surface area (TPSA) is 69.8 Å². The molecule has 1 amide bonds. The fourth-order valence-corrected chi connectivity index (χ4v) is 2.86. The van der Waals surface area contributed by atoms with Crippen LogP contribution in [0.3, 0.4) is 0 Å². The van der Waals surface area contributed by atoms with Gasteiger partial charge in [-0.1, -0.05) is 37.3 Å². The number of fused-ring (bicyclic) bond motifs is 1. The van der Waals surface area contributed by atoms with E-state index in [0.29, 0.717) is 12.2 Å². The SMILES string of the molecule is CC(NC(=O)c1n[nH]c2c1CNCC2)C(C)c1ccccc1. The largest absolute Gasteiger partial charge is 0.348 e. The number of carbonyl (C=O) groups excluding carboxylic acids is 1. The Balaban J connectivity index is 1.70. The van der Waals surface area contributed by atoms with Crippen molar-refractivity contribution < 1.29 is 4.79 Å². The van der Waals surface area contributed by atoms with Crippen LogP contribution in [0.5, 0.6) is 0 Å². The van der Waals surface area contributed by atoms with E-state index in [1.807, 2.05) is 25.1 Å². The molecule has 2 unspecified atom stereocenters. The molecule has 5 heteroatoms. The van der Waals surface area contributed by atoms with E-state index in [2.05, 4.69) is 39.9 Å². The van der Waals surface area contributed by atoms with Crippen molar-refractivity contribution >= 4 is 5.91 Å². The van der Waals surface area contributed by atoms with Crippen molar-refractivity contribution in [3.05, 3.63) is 52.8 Å². The van der Waals surface area contributed by atoms with E-state index in [0.717, 1.165) is 24.2 Å². The zero-order valence-corrected chi connectivity index (χ0v) is 13.0. The molecule has 3 rings (SSSR count). The van der Waals surface area contributed by atoms with E-state index in [9.17, 15) is 4.79 Å². The molecule has 2 aromatic rings. The van der Waals surface area contributed by atoms with Gasteiger partial charge in [-0.25, -0.2) is 0 Å². The monoisotopic (exact) mass is 298 g/mol. The lowest BCUT2D eigenvalue weighted by atomic mass is 9.94. The fourth-order valence-electron chi connectivity index (χ4n) is 2.86. The molecule has 22 heavy (non-hydrogen) atoms. The summed E-state index contributed by atoms with van der Waals surface area (Å²) in [5, 5.41) is 13.6. The number of nitrogens with zero attached hydrogens (tertiary/aromatic N) is 1. The first kappa shape index (κ1) is 14.8. The molecule has 0 spiro atoms. The van der Waals surface area contributed by atoms with Gasteiger partial charge in [0.2, 0.25) is 0 Å². The molecule has 0 bridgehead atoms. The summed E-state index contributed by atoms with van der Waals surface area (Å²) < 4.78 is 0. The van der Waals surface area contributed by atoms with Gasteiger partial charge in [-0.05, 0) is 12.5 Å². The van der Waals surface area contributed by atoms with Crippen molar-refractivity contribution in [2.75, 3.05) is 6.54 Å². The zero-order valence-electron chi connectivity index (χ0n) is 13.0. The first-order chi connectivity index (χ1) is 10.7. The van der Waals surface area contributed by atoms with Gasteiger partial charge in [-0.2, -0.15) is 5.10 Å². The Hall–Kier alpha value is -2.14. The summed E-state index contributed by atoms with van der Waals surface area (Å²) in [6.07, 6.45) is 0.894. The molecule has 1 aliphatic heterocycles. The van der Waals surface area contributed by atoms with E-state index in [4.69, 9.17) is 0 Å². The summed E-state index contributed by atoms with van der Waals surface area (Å²) in [4.78, 5) is 12.5. The minimum absolute atomic E-state index is 0.0406. The highest BCUT2D eigenvalue weighted by Gasteiger charge is 2.24. The lowest BCUT2D eigenvalue weighted by Gasteiger charge is -2.22. The maximum absolute atomic E-state index is 12.5. The average molecular weight is 298 g/mol. The van der Waals surface area contributed by atoms with Gasteiger partial charge >= 0.3 is 0 Å². The highest BCUT2D eigenvalue weighted by atomic mass is 16.2. The third-order valence-corrected chi connectivity index (χ3v) is 4.46. The summed E-state index contributed by atoms with van der Waals surface area (Å²) >= 11 is 0. The number of hydrogen-bond donors (Lipinski definition) is 3. The van der Waals surface area contributed by atoms with Crippen LogP contribution in [0.4, 0.5) is 0 Å². The highest BCUT2D eigenvalue weighted by molar-refractivity contribution is 5.94. The number of H-pyrrole nitrogens is 1. The van der Waals surface area contributed by atoms with Gasteiger partial charge in [0, 0.05) is 42.7 Å². The number of amides is 1. The molecular weight excluding hydrogens is 276 g/mol. The standard InChI is InChI=1S/C17H22N4O/c1-11(13-6-4-3-5-7-13)12(2)19-17(22)16-14-10-18-9-8-15(14)20-21-16/h3-7,11-12,18H,8-10H2,1-2H3,(H,19,22)(H,20,21). The third-order valence-electron chi connectivity index (χ3n) is 4.46. The van der Waals surface area contributed by atoms with Gasteiger partial charge in [-0.15, -0.1) is 0 Å². The number of nitrogens with one attached hydrogen (secondary N) is 3. The van der Waals surface area contributed by atoms with E-state index in [1.54, 1.807) is 0 Å². The van der Waals surface area contributed by atoms with E-state index in [-0.39, 0.29) is 17.9 Å². The zero-order chi connectivity index (χ0) is 15.5. The number of hydrogen-bond acceptors (Lipinski definition) is 3. The predicted octanol–water partition coefficient (Wildman–Crippen LogP) is 1.98. The molecule has 3 N–H and O–H groups in total. The molecule has 0 fully saturated rings. The van der Waals surface area contributed by atoms with Crippen LogP contribution in [0.15, 0.2) is 30.3 Å². The summed E-state index contributed by atoms with van der Waals surface area (Å²) in [6, 6.07) is 10.3. The normalized spacial score (nSPS) is 16.6. The Labute approximate surface area is 130 Å². The van der Waals surface area contributed by atoms with Crippen LogP contribution in [-0.4, -0.2) is 28.7 Å². The molecule has 2 atom stereocenters. The second-order valence-corrected chi connectivity index (χ2v) is 5.92. The highest BCUT2D eigenvalue weighted by Crippen LogP contribution is 2.20. The van der Waals surface area contributed by atoms with Crippen LogP contribution in [-0.2, 0) is 13.0 Å². The number of rotatable bonds is 4. The van der Waals surface area contributed by atoms with E-state index < -0.39 is 0 Å². The van der Waals surface area contributed by atoms with Gasteiger partial charge in [-0.3, -0.25) is 9.89 Å². The summed E-state index contributed by atoms with van der Waals surface area (Å²) in [7, 11) is 0. The quantitative estimate of drug-likeness (QED) is 0.808. The van der Waals surface area contributed by atoms with Crippen molar-refractivity contribution in [1.29, 1.82) is 0 Å². The van der Waals surface area contributed by atoms with Gasteiger partial charge in [0.15, 0.2) is 5.69 Å². The molecule has 1 aliphatic rings. The summed E-state index contributed by atoms with van der Waals surface area (Å²) in [6.45, 7) is 5.80. The van der Waals surface area contributed by atoms with E-state index >= 15 is 0 Å². The number of carbonyl (C=O) groups is 1. The maximum atomic E-state index is 12.5. The average Bonchev–Trinajstić information content (AvgIpc) is 2.99. The second-order valence-electron chi connectivity index (χ2n) is 5.92. The predicted molar refractivity (Wildman–Crippen MR) is 85.8 cm³/mol. The fraction of sp³-hybridized carbons (Fsp3) is 0.412. The van der Waals surface area contributed by atoms with Crippen molar-refractivity contribution in [1.82, 2.24) is 20.8 Å². The molecule has 0 saturated carbocycles. The molecule has 0 saturated heterocycles. The molecule has 0 aliphatic carbocycles. The molecule has 5 nitrogen and oxygen atoms in total. The Morgan fingerprint density at radius 1 is 1.27 bits per heavy atom. The second kappa shape index (κ2) is 6.32. The first-order valence-electron chi connectivity index (χ1n) is 7.79. The molecule has 2 heterocycles. The lowest BCUT2D eigenvalue weighted by molar-refractivity contribution is 0.0929. The maximum Gasteiger partial charge on any atom is 0.272 e. The smallest absolute Gasteiger partial charge is 0.272 e. The summed E-state index contributed by atoms with van der Waals surface area (Å²) in [5.41, 5.74) is 3.83. The Bertz CT molecular complexity index is 650. The van der Waals surface area contributed by atoms with Gasteiger partial charge in [0.05, 0.1) is 0 Å². The van der Waals surface area contributed by atoms with Crippen LogP contribution < -0.4 is 10.6 Å². The van der Waals surface area contributed by atoms with Crippen LogP contribution in [0, 0.1) is 0 Å². The van der Waals surface area contributed by atoms with Crippen LogP contribution in [0.2, 0.25) is 0 Å². The van der Waals surface area contributed by atoms with Gasteiger partial charge in [0.25, 0.3) is 5.91 Å². The Kier molecular flexibility index (Phi) is 4.24. The van der Waals surface area contributed by atoms with Crippen LogP contribution in [0.25, 0.3) is 0 Å². The van der Waals surface area contributed by atoms with Gasteiger partial charge < -0.3 is 10.6 Å². The van der Waals surface area contributed by atoms with Crippen LogP contribution in [0.1, 0.15) is 47.1 Å². The number of aromatic amines is 1. The minimum atomic E-state index is -0.100. The van der Waals surface area contributed by atoms with Gasteiger partial charge in [0.1, 0.15) is 0 Å². The first-order valence-corrected chi connectivity index (χ1v) is 7.79. The molecule has 0 radical (unpaired) electrons. The van der Waals surface area contributed by atoms with Crippen molar-refractivity contribution in [3.63, 3.8) is 0 Å². The Morgan fingerprint density at radius 3 is 2.82 bits per heavy atom. The van der Waals surface area contributed by atoms with Crippen molar-refractivity contribution in [2.24, 2.45) is 0 Å². The lowest BCUT2D eigenvalue weighted by Crippen LogP contribution is -2.37. The molecular formula is C17H22N4O. The summed E-state index contributed by atoms with van der Waals surface area (Å²) in [5.74, 6) is 0.148. The minimum Gasteiger partial charge on any atom is -0.348 e. The molecule has 1 aromatic heterocycles. The van der Waals surface area contributed by atoms with Crippen molar-refractivity contribution in [2.45, 2.75) is 38.8 Å². The third kappa shape index (κ3) is 2.90. The number of aromatic nitrogens is 2. The molecule has 116 valence electrons. The Morgan fingerprint density at radius 2 is 2.05 bits per heavy atom. The van der Waals surface area contributed by atoms with Crippen LogP contribution >= 0.6 is 0 Å². The van der Waals surface area contributed by atoms with Crippen molar-refractivity contribution in [3.8, 4) is 0 Å². The molecule has 1 aromatic carbocycles. The van der Waals surface area contributed by atoms with E-state index in [1.165, 1.54) is 5.56 Å².